The number of benzene rings is 3. The molecule has 39 heavy (non-hydrogen) atoms. The summed E-state index contributed by atoms with van der Waals surface area (Å²) >= 11 is 0.842. The van der Waals surface area contributed by atoms with E-state index in [1.54, 1.807) is 49.6 Å². The Bertz CT molecular complexity index is 1420. The van der Waals surface area contributed by atoms with Crippen LogP contribution in [-0.4, -0.2) is 65.0 Å². The van der Waals surface area contributed by atoms with Crippen LogP contribution in [0, 0.1) is 5.82 Å². The van der Waals surface area contributed by atoms with Crippen molar-refractivity contribution in [2.75, 3.05) is 33.3 Å². The van der Waals surface area contributed by atoms with Gasteiger partial charge < -0.3 is 9.64 Å². The Kier molecular flexibility index (Phi) is 8.09. The molecule has 0 N–H and O–H groups in total. The second-order valence-electron chi connectivity index (χ2n) is 9.44. The second-order valence-corrected chi connectivity index (χ2v) is 10.4. The normalized spacial score (nSPS) is 17.2. The summed E-state index contributed by atoms with van der Waals surface area (Å²) in [5.74, 6) is -0.0848. The Labute approximate surface area is 230 Å². The van der Waals surface area contributed by atoms with Crippen LogP contribution in [-0.2, 0) is 17.9 Å². The summed E-state index contributed by atoms with van der Waals surface area (Å²) in [6.07, 6.45) is 1.63. The van der Waals surface area contributed by atoms with Crippen LogP contribution in [0.4, 0.5) is 9.18 Å². The fraction of sp³-hybridized carbons (Fsp3) is 0.233. The molecule has 2 aliphatic heterocycles. The standard InChI is InChI=1S/C30H28FN3O4S/c1-38-26-10-8-21(9-11-26)19-32-12-14-33(15-13-32)28(35)24-6-2-4-22(16-24)18-27-29(36)34(30(37)39-27)20-23-5-3-7-25(31)17-23/h2-11,16-18H,12-15,19-20H2,1H3/b27-18-. The first-order valence-corrected chi connectivity index (χ1v) is 13.5. The second kappa shape index (κ2) is 11.8. The van der Waals surface area contributed by atoms with E-state index in [9.17, 15) is 18.8 Å². The van der Waals surface area contributed by atoms with Gasteiger partial charge >= 0.3 is 0 Å². The molecule has 0 saturated carbocycles. The van der Waals surface area contributed by atoms with Gasteiger partial charge in [-0.1, -0.05) is 36.4 Å². The molecule has 0 atom stereocenters. The van der Waals surface area contributed by atoms with E-state index in [4.69, 9.17) is 4.74 Å². The van der Waals surface area contributed by atoms with Gasteiger partial charge in [0.1, 0.15) is 11.6 Å². The Balaban J connectivity index is 1.20. The van der Waals surface area contributed by atoms with Crippen molar-refractivity contribution in [3.63, 3.8) is 0 Å². The first-order chi connectivity index (χ1) is 18.9. The van der Waals surface area contributed by atoms with Crippen molar-refractivity contribution >= 4 is 34.9 Å². The van der Waals surface area contributed by atoms with Crippen LogP contribution in [0.2, 0.25) is 0 Å². The van der Waals surface area contributed by atoms with Crippen LogP contribution in [0.15, 0.2) is 77.7 Å². The van der Waals surface area contributed by atoms with E-state index in [0.29, 0.717) is 29.8 Å². The molecule has 9 heteroatoms. The predicted octanol–water partition coefficient (Wildman–Crippen LogP) is 5.03. The molecule has 3 aromatic rings. The number of rotatable bonds is 7. The van der Waals surface area contributed by atoms with Crippen molar-refractivity contribution < 1.29 is 23.5 Å². The van der Waals surface area contributed by atoms with Crippen molar-refractivity contribution in [3.05, 3.63) is 106 Å². The fourth-order valence-electron chi connectivity index (χ4n) is 4.65. The van der Waals surface area contributed by atoms with E-state index in [1.807, 2.05) is 17.0 Å². The molecule has 0 unspecified atom stereocenters. The van der Waals surface area contributed by atoms with Crippen LogP contribution in [0.25, 0.3) is 6.08 Å². The third-order valence-electron chi connectivity index (χ3n) is 6.76. The van der Waals surface area contributed by atoms with Crippen LogP contribution >= 0.6 is 11.8 Å². The molecule has 0 aromatic heterocycles. The van der Waals surface area contributed by atoms with E-state index in [1.165, 1.54) is 17.7 Å². The highest BCUT2D eigenvalue weighted by molar-refractivity contribution is 8.18. The van der Waals surface area contributed by atoms with Crippen molar-refractivity contribution in [1.29, 1.82) is 0 Å². The van der Waals surface area contributed by atoms with Gasteiger partial charge in [0.25, 0.3) is 17.1 Å². The molecule has 200 valence electrons. The number of carbonyl (C=O) groups excluding carboxylic acids is 3. The molecule has 0 radical (unpaired) electrons. The van der Waals surface area contributed by atoms with Gasteiger partial charge in [-0.2, -0.15) is 0 Å². The van der Waals surface area contributed by atoms with Gasteiger partial charge in [-0.25, -0.2) is 4.39 Å². The summed E-state index contributed by atoms with van der Waals surface area (Å²) in [4.78, 5) is 44.2. The summed E-state index contributed by atoms with van der Waals surface area (Å²) in [5.41, 5.74) is 2.93. The van der Waals surface area contributed by atoms with E-state index in [-0.39, 0.29) is 17.4 Å². The first-order valence-electron chi connectivity index (χ1n) is 12.6. The van der Waals surface area contributed by atoms with Gasteiger partial charge in [-0.3, -0.25) is 24.2 Å². The summed E-state index contributed by atoms with van der Waals surface area (Å²) in [7, 11) is 1.65. The number of halogens is 1. The van der Waals surface area contributed by atoms with Gasteiger partial charge in [0.2, 0.25) is 0 Å². The molecule has 5 rings (SSSR count). The van der Waals surface area contributed by atoms with Crippen molar-refractivity contribution in [1.82, 2.24) is 14.7 Å². The monoisotopic (exact) mass is 545 g/mol. The maximum absolute atomic E-state index is 13.5. The van der Waals surface area contributed by atoms with Gasteiger partial charge in [0.05, 0.1) is 18.6 Å². The molecule has 2 heterocycles. The number of amides is 3. The Morgan fingerprint density at radius 3 is 2.38 bits per heavy atom. The van der Waals surface area contributed by atoms with Crippen LogP contribution in [0.1, 0.15) is 27.0 Å². The molecule has 0 spiro atoms. The maximum atomic E-state index is 13.5. The zero-order valence-corrected chi connectivity index (χ0v) is 22.3. The maximum Gasteiger partial charge on any atom is 0.293 e. The number of hydrogen-bond acceptors (Lipinski definition) is 6. The van der Waals surface area contributed by atoms with Crippen molar-refractivity contribution in [2.45, 2.75) is 13.1 Å². The van der Waals surface area contributed by atoms with E-state index in [0.717, 1.165) is 42.0 Å². The SMILES string of the molecule is COc1ccc(CN2CCN(C(=O)c3cccc(/C=C4\SC(=O)N(Cc5cccc(F)c5)C4=O)c3)CC2)cc1. The average Bonchev–Trinajstić information content (AvgIpc) is 3.21. The average molecular weight is 546 g/mol. The minimum absolute atomic E-state index is 0.00271. The predicted molar refractivity (Wildman–Crippen MR) is 149 cm³/mol. The summed E-state index contributed by atoms with van der Waals surface area (Å²) in [6, 6.07) is 20.9. The van der Waals surface area contributed by atoms with E-state index in [2.05, 4.69) is 17.0 Å². The minimum atomic E-state index is -0.432. The molecule has 0 bridgehead atoms. The highest BCUT2D eigenvalue weighted by Crippen LogP contribution is 2.33. The first kappa shape index (κ1) is 26.6. The highest BCUT2D eigenvalue weighted by Gasteiger charge is 2.35. The number of methoxy groups -OCH3 is 1. The van der Waals surface area contributed by atoms with E-state index >= 15 is 0 Å². The lowest BCUT2D eigenvalue weighted by molar-refractivity contribution is -0.123. The third-order valence-corrected chi connectivity index (χ3v) is 7.67. The van der Waals surface area contributed by atoms with Gasteiger partial charge in [-0.05, 0) is 70.9 Å². The molecular formula is C30H28FN3O4S. The van der Waals surface area contributed by atoms with E-state index < -0.39 is 17.0 Å². The van der Waals surface area contributed by atoms with Crippen LogP contribution in [0.5, 0.6) is 5.75 Å². The van der Waals surface area contributed by atoms with Gasteiger partial charge in [0, 0.05) is 38.3 Å². The van der Waals surface area contributed by atoms with Crippen molar-refractivity contribution in [2.24, 2.45) is 0 Å². The Morgan fingerprint density at radius 2 is 1.67 bits per heavy atom. The molecule has 2 aliphatic rings. The summed E-state index contributed by atoms with van der Waals surface area (Å²) in [5, 5.41) is -0.407. The number of piperazine rings is 1. The summed E-state index contributed by atoms with van der Waals surface area (Å²) in [6.45, 7) is 3.61. The number of thioether (sulfide) groups is 1. The van der Waals surface area contributed by atoms with Gasteiger partial charge in [-0.15, -0.1) is 0 Å². The molecule has 3 aromatic carbocycles. The number of nitrogens with zero attached hydrogens (tertiary/aromatic N) is 3. The highest BCUT2D eigenvalue weighted by atomic mass is 32.2. The molecular weight excluding hydrogens is 517 g/mol. The zero-order chi connectivity index (χ0) is 27.4. The summed E-state index contributed by atoms with van der Waals surface area (Å²) < 4.78 is 18.7. The minimum Gasteiger partial charge on any atom is -0.497 e. The third kappa shape index (κ3) is 6.38. The van der Waals surface area contributed by atoms with Crippen LogP contribution < -0.4 is 4.74 Å². The molecule has 2 saturated heterocycles. The largest absolute Gasteiger partial charge is 0.497 e. The smallest absolute Gasteiger partial charge is 0.293 e. The topological polar surface area (TPSA) is 70.2 Å². The lowest BCUT2D eigenvalue weighted by atomic mass is 10.1. The molecule has 0 aliphatic carbocycles. The van der Waals surface area contributed by atoms with Crippen molar-refractivity contribution in [3.8, 4) is 5.75 Å². The number of ether oxygens (including phenoxy) is 1. The molecule has 3 amide bonds. The lowest BCUT2D eigenvalue weighted by Gasteiger charge is -2.34. The fourth-order valence-corrected chi connectivity index (χ4v) is 5.49. The Morgan fingerprint density at radius 1 is 0.923 bits per heavy atom. The molecule has 2 fully saturated rings. The lowest BCUT2D eigenvalue weighted by Crippen LogP contribution is -2.48. The number of carbonyl (C=O) groups is 3. The van der Waals surface area contributed by atoms with Gasteiger partial charge in [0.15, 0.2) is 0 Å². The zero-order valence-electron chi connectivity index (χ0n) is 21.5. The van der Waals surface area contributed by atoms with Crippen LogP contribution in [0.3, 0.4) is 0 Å². The molecule has 7 nitrogen and oxygen atoms in total. The quantitative estimate of drug-likeness (QED) is 0.388. The number of hydrogen-bond donors (Lipinski definition) is 0. The Hall–Kier alpha value is -3.95. The number of imide groups is 1.